The predicted molar refractivity (Wildman–Crippen MR) is 95.8 cm³/mol. The van der Waals surface area contributed by atoms with Gasteiger partial charge in [-0.2, -0.15) is 0 Å². The van der Waals surface area contributed by atoms with Crippen LogP contribution in [0.25, 0.3) is 0 Å². The minimum atomic E-state index is -0.452. The number of aliphatic hydroxyl groups is 1. The van der Waals surface area contributed by atoms with Crippen molar-refractivity contribution in [2.75, 3.05) is 6.54 Å². The van der Waals surface area contributed by atoms with E-state index in [1.54, 1.807) is 11.3 Å². The first-order chi connectivity index (χ1) is 10.6. The number of hydrogen-bond acceptors (Lipinski definition) is 4. The molecule has 1 aromatic rings. The highest BCUT2D eigenvalue weighted by molar-refractivity contribution is 7.10. The number of thiophene rings is 1. The number of aliphatic hydroxyl groups excluding tert-OH is 1. The highest BCUT2D eigenvalue weighted by Crippen LogP contribution is 2.32. The van der Waals surface area contributed by atoms with E-state index in [-0.39, 0.29) is 30.4 Å². The van der Waals surface area contributed by atoms with E-state index in [0.717, 1.165) is 43.5 Å². The van der Waals surface area contributed by atoms with Crippen LogP contribution in [0.4, 0.5) is 0 Å². The number of rotatable bonds is 5. The monoisotopic (exact) mass is 358 g/mol. The molecule has 1 saturated carbocycles. The summed E-state index contributed by atoms with van der Waals surface area (Å²) in [6.07, 6.45) is 6.14. The van der Waals surface area contributed by atoms with Crippen LogP contribution in [0.1, 0.15) is 55.9 Å². The number of hydrogen-bond donors (Lipinski definition) is 2. The summed E-state index contributed by atoms with van der Waals surface area (Å²) in [5, 5.41) is 12.3. The van der Waals surface area contributed by atoms with Gasteiger partial charge < -0.3 is 15.7 Å². The summed E-state index contributed by atoms with van der Waals surface area (Å²) >= 11 is 1.58. The molecule has 0 aromatic carbocycles. The van der Waals surface area contributed by atoms with Crippen molar-refractivity contribution in [1.82, 2.24) is 4.90 Å². The highest BCUT2D eigenvalue weighted by atomic mass is 35.5. The topological polar surface area (TPSA) is 66.6 Å². The van der Waals surface area contributed by atoms with Crippen LogP contribution in [0, 0.1) is 5.92 Å². The molecule has 1 aliphatic heterocycles. The van der Waals surface area contributed by atoms with E-state index in [1.165, 1.54) is 0 Å². The van der Waals surface area contributed by atoms with Crippen molar-refractivity contribution >= 4 is 29.7 Å². The molecule has 0 bridgehead atoms. The van der Waals surface area contributed by atoms with E-state index in [9.17, 15) is 9.90 Å². The number of nitrogens with zero attached hydrogens (tertiary/aromatic N) is 1. The fourth-order valence-corrected chi connectivity index (χ4v) is 4.65. The lowest BCUT2D eigenvalue weighted by Gasteiger charge is -2.28. The van der Waals surface area contributed by atoms with Gasteiger partial charge in [0.1, 0.15) is 0 Å². The summed E-state index contributed by atoms with van der Waals surface area (Å²) in [6.45, 7) is 0.836. The first-order valence-electron chi connectivity index (χ1n) is 8.41. The predicted octanol–water partition coefficient (Wildman–Crippen LogP) is 3.10. The molecule has 2 fully saturated rings. The molecular weight excluding hydrogens is 332 g/mol. The molecular formula is C17H27ClN2O2S. The molecule has 0 radical (unpaired) electrons. The fraction of sp³-hybridized carbons (Fsp3) is 0.706. The van der Waals surface area contributed by atoms with Crippen LogP contribution in [-0.2, 0) is 4.79 Å². The second kappa shape index (κ2) is 8.47. The Morgan fingerprint density at radius 3 is 2.87 bits per heavy atom. The van der Waals surface area contributed by atoms with Gasteiger partial charge in [-0.05, 0) is 49.5 Å². The van der Waals surface area contributed by atoms with Crippen LogP contribution >= 0.6 is 23.7 Å². The Morgan fingerprint density at radius 1 is 1.39 bits per heavy atom. The summed E-state index contributed by atoms with van der Waals surface area (Å²) in [5.74, 6) is 0.596. The normalized spacial score (nSPS) is 28.6. The Bertz CT molecular complexity index is 497. The van der Waals surface area contributed by atoms with Gasteiger partial charge in [0, 0.05) is 29.9 Å². The van der Waals surface area contributed by atoms with Gasteiger partial charge in [0.15, 0.2) is 0 Å². The second-order valence-electron chi connectivity index (χ2n) is 6.71. The molecule has 3 rings (SSSR count). The SMILES string of the molecule is Cl.N[C@@H]1CCC[C@H]1CC(=O)N1CCCC1CC(O)c1cccs1. The molecule has 1 amide bonds. The van der Waals surface area contributed by atoms with Crippen molar-refractivity contribution in [3.63, 3.8) is 0 Å². The quantitative estimate of drug-likeness (QED) is 0.849. The molecule has 1 aromatic heterocycles. The van der Waals surface area contributed by atoms with Crippen LogP contribution in [0.15, 0.2) is 17.5 Å². The average Bonchev–Trinajstić information content (AvgIpc) is 3.21. The second-order valence-corrected chi connectivity index (χ2v) is 7.69. The van der Waals surface area contributed by atoms with Crippen molar-refractivity contribution < 1.29 is 9.90 Å². The average molecular weight is 359 g/mol. The van der Waals surface area contributed by atoms with Crippen molar-refractivity contribution in [2.45, 2.75) is 63.1 Å². The Hall–Kier alpha value is -0.620. The maximum atomic E-state index is 12.6. The van der Waals surface area contributed by atoms with Gasteiger partial charge in [-0.1, -0.05) is 12.5 Å². The molecule has 6 heteroatoms. The third-order valence-electron chi connectivity index (χ3n) is 5.22. The molecule has 2 heterocycles. The number of carbonyl (C=O) groups is 1. The van der Waals surface area contributed by atoms with Crippen LogP contribution in [-0.4, -0.2) is 34.5 Å². The fourth-order valence-electron chi connectivity index (χ4n) is 3.92. The molecule has 1 aliphatic carbocycles. The van der Waals surface area contributed by atoms with Gasteiger partial charge in [-0.3, -0.25) is 4.79 Å². The first kappa shape index (κ1) is 18.7. The minimum absolute atomic E-state index is 0. The molecule has 1 saturated heterocycles. The van der Waals surface area contributed by atoms with Gasteiger partial charge in [0.2, 0.25) is 5.91 Å². The van der Waals surface area contributed by atoms with Crippen LogP contribution < -0.4 is 5.73 Å². The molecule has 130 valence electrons. The number of nitrogens with two attached hydrogens (primary N) is 1. The van der Waals surface area contributed by atoms with Crippen molar-refractivity contribution in [3.05, 3.63) is 22.4 Å². The maximum absolute atomic E-state index is 12.6. The van der Waals surface area contributed by atoms with Gasteiger partial charge in [0.05, 0.1) is 6.10 Å². The van der Waals surface area contributed by atoms with E-state index in [2.05, 4.69) is 0 Å². The molecule has 4 atom stereocenters. The summed E-state index contributed by atoms with van der Waals surface area (Å²) in [6, 6.07) is 4.31. The van der Waals surface area contributed by atoms with Gasteiger partial charge >= 0.3 is 0 Å². The zero-order chi connectivity index (χ0) is 15.5. The number of amides is 1. The lowest BCUT2D eigenvalue weighted by molar-refractivity contribution is -0.133. The van der Waals surface area contributed by atoms with E-state index in [0.29, 0.717) is 18.8 Å². The van der Waals surface area contributed by atoms with E-state index >= 15 is 0 Å². The Kier molecular flexibility index (Phi) is 6.89. The van der Waals surface area contributed by atoms with Crippen molar-refractivity contribution in [1.29, 1.82) is 0 Å². The van der Waals surface area contributed by atoms with E-state index < -0.39 is 6.10 Å². The highest BCUT2D eigenvalue weighted by Gasteiger charge is 2.34. The number of carbonyl (C=O) groups excluding carboxylic acids is 1. The summed E-state index contributed by atoms with van der Waals surface area (Å²) in [5.41, 5.74) is 6.10. The van der Waals surface area contributed by atoms with Crippen molar-refractivity contribution in [2.24, 2.45) is 11.7 Å². The van der Waals surface area contributed by atoms with Gasteiger partial charge in [-0.25, -0.2) is 0 Å². The third kappa shape index (κ3) is 4.47. The van der Waals surface area contributed by atoms with Gasteiger partial charge in [0.25, 0.3) is 0 Å². The first-order valence-corrected chi connectivity index (χ1v) is 9.29. The molecule has 2 unspecified atom stereocenters. The lowest BCUT2D eigenvalue weighted by Crippen LogP contribution is -2.39. The third-order valence-corrected chi connectivity index (χ3v) is 6.19. The molecule has 3 N–H and O–H groups in total. The molecule has 2 aliphatic rings. The maximum Gasteiger partial charge on any atom is 0.223 e. The number of likely N-dealkylation sites (tertiary alicyclic amines) is 1. The summed E-state index contributed by atoms with van der Waals surface area (Å²) in [4.78, 5) is 15.6. The van der Waals surface area contributed by atoms with E-state index in [1.807, 2.05) is 22.4 Å². The Labute approximate surface area is 148 Å². The number of halogens is 1. The Morgan fingerprint density at radius 2 is 2.22 bits per heavy atom. The van der Waals surface area contributed by atoms with Crippen LogP contribution in [0.3, 0.4) is 0 Å². The summed E-state index contributed by atoms with van der Waals surface area (Å²) < 4.78 is 0. The van der Waals surface area contributed by atoms with E-state index in [4.69, 9.17) is 5.73 Å². The molecule has 23 heavy (non-hydrogen) atoms. The van der Waals surface area contributed by atoms with Crippen molar-refractivity contribution in [3.8, 4) is 0 Å². The lowest BCUT2D eigenvalue weighted by atomic mass is 9.98. The van der Waals surface area contributed by atoms with Crippen LogP contribution in [0.5, 0.6) is 0 Å². The zero-order valence-electron chi connectivity index (χ0n) is 13.4. The van der Waals surface area contributed by atoms with Crippen LogP contribution in [0.2, 0.25) is 0 Å². The molecule has 4 nitrogen and oxygen atoms in total. The standard InChI is InChI=1S/C17H26N2O2S.ClH/c18-14-6-1-4-12(14)10-17(21)19-8-2-5-13(19)11-15(20)16-7-3-9-22-16;/h3,7,9,12-15,20H,1-2,4-6,8,10-11,18H2;1H/t12-,13?,14+,15?;/m0./s1. The van der Waals surface area contributed by atoms with Gasteiger partial charge in [-0.15, -0.1) is 23.7 Å². The summed E-state index contributed by atoms with van der Waals surface area (Å²) in [7, 11) is 0. The Balaban J connectivity index is 0.00000192. The zero-order valence-corrected chi connectivity index (χ0v) is 15.0. The largest absolute Gasteiger partial charge is 0.387 e. The molecule has 0 spiro atoms. The smallest absolute Gasteiger partial charge is 0.223 e. The minimum Gasteiger partial charge on any atom is -0.387 e.